The fraction of sp³-hybridized carbons (Fsp3) is 0.217. The van der Waals surface area contributed by atoms with Crippen molar-refractivity contribution in [3.63, 3.8) is 0 Å². The molecule has 1 saturated heterocycles. The highest BCUT2D eigenvalue weighted by Crippen LogP contribution is 2.27. The molecule has 0 bridgehead atoms. The highest BCUT2D eigenvalue weighted by Gasteiger charge is 2.46. The number of ketones is 1. The van der Waals surface area contributed by atoms with Gasteiger partial charge in [0.25, 0.3) is 5.91 Å². The summed E-state index contributed by atoms with van der Waals surface area (Å²) in [6.45, 7) is 1.02. The number of amides is 4. The molecule has 4 rings (SSSR count). The number of nitrogens with zero attached hydrogens (tertiary/aromatic N) is 3. The van der Waals surface area contributed by atoms with Crippen molar-refractivity contribution in [3.05, 3.63) is 77.4 Å². The molecule has 1 fully saturated rings. The van der Waals surface area contributed by atoms with E-state index in [4.69, 9.17) is 0 Å². The molecule has 0 spiro atoms. The van der Waals surface area contributed by atoms with Gasteiger partial charge in [-0.05, 0) is 36.8 Å². The Morgan fingerprint density at radius 2 is 1.82 bits per heavy atom. The van der Waals surface area contributed by atoms with Gasteiger partial charge in [0.2, 0.25) is 5.91 Å². The van der Waals surface area contributed by atoms with Crippen molar-refractivity contribution in [2.45, 2.75) is 19.5 Å². The van der Waals surface area contributed by atoms with Crippen LogP contribution in [0, 0.1) is 5.82 Å². The smallest absolute Gasteiger partial charge is 0.325 e. The van der Waals surface area contributed by atoms with E-state index in [9.17, 15) is 23.6 Å². The molecule has 1 unspecified atom stereocenters. The van der Waals surface area contributed by atoms with Crippen LogP contribution in [0.4, 0.5) is 14.9 Å². The minimum atomic E-state index is -0.831. The first-order valence-electron chi connectivity index (χ1n) is 10.2. The largest absolute Gasteiger partial charge is 0.331 e. The second-order valence-corrected chi connectivity index (χ2v) is 7.83. The predicted octanol–water partition coefficient (Wildman–Crippen LogP) is 2.09. The van der Waals surface area contributed by atoms with Crippen LogP contribution in [0.1, 0.15) is 22.8 Å². The molecule has 2 aliphatic heterocycles. The second kappa shape index (κ2) is 8.83. The Bertz CT molecular complexity index is 1160. The zero-order valence-corrected chi connectivity index (χ0v) is 18.0. The lowest BCUT2D eigenvalue weighted by Crippen LogP contribution is -2.60. The van der Waals surface area contributed by atoms with Crippen molar-refractivity contribution >= 4 is 29.3 Å². The van der Waals surface area contributed by atoms with Crippen molar-refractivity contribution in [2.75, 3.05) is 18.9 Å². The second-order valence-electron chi connectivity index (χ2n) is 7.83. The molecule has 4 amide bonds. The quantitative estimate of drug-likeness (QED) is 0.653. The van der Waals surface area contributed by atoms with Crippen molar-refractivity contribution in [3.8, 4) is 0 Å². The van der Waals surface area contributed by atoms with E-state index in [1.807, 2.05) is 0 Å². The Morgan fingerprint density at radius 3 is 2.52 bits per heavy atom. The fourth-order valence-corrected chi connectivity index (χ4v) is 3.73. The predicted molar refractivity (Wildman–Crippen MR) is 117 cm³/mol. The van der Waals surface area contributed by atoms with Gasteiger partial charge in [-0.1, -0.05) is 24.3 Å². The zero-order valence-electron chi connectivity index (χ0n) is 18.0. The molecular weight excluding hydrogens is 429 g/mol. The monoisotopic (exact) mass is 451 g/mol. The number of hydrogen-bond acceptors (Lipinski definition) is 6. The van der Waals surface area contributed by atoms with Crippen molar-refractivity contribution in [1.82, 2.24) is 20.2 Å². The number of Topliss-reactive ketones (excluding diaryl/α,β-unsaturated/α-hetero) is 1. The van der Waals surface area contributed by atoms with Crippen LogP contribution in [0.25, 0.3) is 0 Å². The van der Waals surface area contributed by atoms with Crippen LogP contribution in [0.5, 0.6) is 0 Å². The average Bonchev–Trinajstić information content (AvgIpc) is 3.17. The number of benzene rings is 2. The number of nitrogens with one attached hydrogen (secondary N) is 2. The molecule has 9 nitrogen and oxygen atoms in total. The molecule has 2 aromatic carbocycles. The third kappa shape index (κ3) is 4.60. The lowest BCUT2D eigenvalue weighted by atomic mass is 10.1. The van der Waals surface area contributed by atoms with E-state index in [0.29, 0.717) is 22.5 Å². The number of halogens is 1. The molecule has 10 heteroatoms. The summed E-state index contributed by atoms with van der Waals surface area (Å²) in [7, 11) is 1.68. The topological polar surface area (TPSA) is 102 Å². The number of carbonyl (C=O) groups is 4. The average molecular weight is 451 g/mol. The van der Waals surface area contributed by atoms with Gasteiger partial charge in [0.1, 0.15) is 18.4 Å². The van der Waals surface area contributed by atoms with E-state index in [0.717, 1.165) is 4.90 Å². The first kappa shape index (κ1) is 22.2. The highest BCUT2D eigenvalue weighted by molar-refractivity contribution is 6.05. The van der Waals surface area contributed by atoms with E-state index in [-0.39, 0.29) is 18.9 Å². The highest BCUT2D eigenvalue weighted by atomic mass is 19.1. The summed E-state index contributed by atoms with van der Waals surface area (Å²) >= 11 is 0. The molecule has 0 aliphatic carbocycles. The number of hydrogen-bond donors (Lipinski definition) is 2. The van der Waals surface area contributed by atoms with Crippen molar-refractivity contribution in [1.29, 1.82) is 0 Å². The molecule has 2 aromatic rings. The first-order chi connectivity index (χ1) is 15.7. The van der Waals surface area contributed by atoms with Gasteiger partial charge in [-0.15, -0.1) is 0 Å². The molecule has 170 valence electrons. The van der Waals surface area contributed by atoms with Gasteiger partial charge in [-0.2, -0.15) is 0 Å². The van der Waals surface area contributed by atoms with Gasteiger partial charge in [0.15, 0.2) is 5.78 Å². The Hall–Kier alpha value is -4.05. The minimum absolute atomic E-state index is 0.0636. The van der Waals surface area contributed by atoms with Gasteiger partial charge < -0.3 is 10.3 Å². The van der Waals surface area contributed by atoms with Gasteiger partial charge in [0, 0.05) is 24.5 Å². The van der Waals surface area contributed by atoms with E-state index in [1.165, 1.54) is 36.1 Å². The fourth-order valence-electron chi connectivity index (χ4n) is 3.73. The summed E-state index contributed by atoms with van der Waals surface area (Å²) in [5.74, 6) is -1.52. The maximum Gasteiger partial charge on any atom is 0.331 e. The van der Waals surface area contributed by atoms with Crippen LogP contribution in [0.2, 0.25) is 0 Å². The van der Waals surface area contributed by atoms with E-state index >= 15 is 0 Å². The first-order valence-corrected chi connectivity index (χ1v) is 10.2. The number of fused-ring (bicyclic) bond motifs is 1. The number of carbonyl (C=O) groups excluding carboxylic acids is 4. The molecule has 33 heavy (non-hydrogen) atoms. The molecule has 2 heterocycles. The van der Waals surface area contributed by atoms with Crippen LogP contribution >= 0.6 is 0 Å². The van der Waals surface area contributed by atoms with Crippen LogP contribution in [-0.2, 0) is 16.1 Å². The summed E-state index contributed by atoms with van der Waals surface area (Å²) in [5, 5.41) is 4.24. The zero-order chi connectivity index (χ0) is 23.7. The molecule has 1 atom stereocenters. The Balaban J connectivity index is 1.55. The summed E-state index contributed by atoms with van der Waals surface area (Å²) in [6, 6.07) is 10.5. The third-order valence-corrected chi connectivity index (χ3v) is 5.35. The van der Waals surface area contributed by atoms with Crippen molar-refractivity contribution in [2.24, 2.45) is 0 Å². The number of anilines is 1. The lowest BCUT2D eigenvalue weighted by Gasteiger charge is -2.37. The standard InChI is InChI=1S/C23H22FN5O4/c1-14(30)16-4-3-5-18(10-16)25-20(31)13-28-19-12-27(2)26-21(19)22(32)29(23(28)33)11-15-6-8-17(24)9-7-15/h3-10,12,21,26H,11,13H2,1-2H3,(H,25,31). The SMILES string of the molecule is CC(=O)c1cccc(NC(=O)CN2C(=O)N(Cc3ccc(F)cc3)C(=O)C3NN(C)C=C32)c1. The van der Waals surface area contributed by atoms with E-state index < -0.39 is 29.7 Å². The van der Waals surface area contributed by atoms with E-state index in [2.05, 4.69) is 10.7 Å². The molecule has 0 saturated carbocycles. The number of urea groups is 1. The van der Waals surface area contributed by atoms with Crippen LogP contribution in [0.15, 0.2) is 60.4 Å². The maximum absolute atomic E-state index is 13.2. The number of rotatable bonds is 6. The molecule has 2 aliphatic rings. The van der Waals surface area contributed by atoms with Crippen LogP contribution in [-0.4, -0.2) is 58.1 Å². The lowest BCUT2D eigenvalue weighted by molar-refractivity contribution is -0.133. The van der Waals surface area contributed by atoms with Gasteiger partial charge in [-0.3, -0.25) is 24.2 Å². The molecule has 2 N–H and O–H groups in total. The summed E-state index contributed by atoms with van der Waals surface area (Å²) in [6.07, 6.45) is 1.58. The summed E-state index contributed by atoms with van der Waals surface area (Å²) < 4.78 is 13.2. The van der Waals surface area contributed by atoms with E-state index in [1.54, 1.807) is 42.5 Å². The third-order valence-electron chi connectivity index (χ3n) is 5.35. The van der Waals surface area contributed by atoms with Gasteiger partial charge in [-0.25, -0.2) is 14.6 Å². The molecule has 0 aromatic heterocycles. The Kier molecular flexibility index (Phi) is 5.93. The van der Waals surface area contributed by atoms with Crippen molar-refractivity contribution < 1.29 is 23.6 Å². The maximum atomic E-state index is 13.2. The summed E-state index contributed by atoms with van der Waals surface area (Å²) in [4.78, 5) is 52.9. The Labute approximate surface area is 189 Å². The molecule has 0 radical (unpaired) electrons. The van der Waals surface area contributed by atoms with Gasteiger partial charge >= 0.3 is 6.03 Å². The Morgan fingerprint density at radius 1 is 1.09 bits per heavy atom. The number of imide groups is 1. The van der Waals surface area contributed by atoms with Crippen LogP contribution in [0.3, 0.4) is 0 Å². The van der Waals surface area contributed by atoms with Crippen LogP contribution < -0.4 is 10.7 Å². The normalized spacial score (nSPS) is 17.7. The minimum Gasteiger partial charge on any atom is -0.325 e. The number of hydrazine groups is 1. The van der Waals surface area contributed by atoms with Gasteiger partial charge in [0.05, 0.1) is 12.2 Å². The summed E-state index contributed by atoms with van der Waals surface area (Å²) in [5.41, 5.74) is 4.75. The molecular formula is C23H22FN5O4.